The first-order valence-corrected chi connectivity index (χ1v) is 13.8. The van der Waals surface area contributed by atoms with Crippen LogP contribution in [0, 0.1) is 11.8 Å². The molecule has 1 amide bonds. The average molecular weight is 528 g/mol. The van der Waals surface area contributed by atoms with Gasteiger partial charge in [0.15, 0.2) is 5.69 Å². The van der Waals surface area contributed by atoms with E-state index in [1.165, 1.54) is 19.8 Å². The number of carbonyl (C=O) groups excluding carboxylic acids is 1. The zero-order valence-electron chi connectivity index (χ0n) is 20.4. The number of ether oxygens (including phenoxy) is 1. The van der Waals surface area contributed by atoms with Gasteiger partial charge in [-0.05, 0) is 24.0 Å². The number of aromatic amines is 1. The van der Waals surface area contributed by atoms with E-state index in [1.54, 1.807) is 6.07 Å². The Hall–Kier alpha value is -2.48. The lowest BCUT2D eigenvalue weighted by Crippen LogP contribution is -2.43. The Balaban J connectivity index is 1.92. The van der Waals surface area contributed by atoms with Crippen LogP contribution in [0.1, 0.15) is 32.6 Å². The van der Waals surface area contributed by atoms with Crippen LogP contribution >= 0.6 is 11.3 Å². The van der Waals surface area contributed by atoms with Crippen molar-refractivity contribution in [3.63, 3.8) is 0 Å². The summed E-state index contributed by atoms with van der Waals surface area (Å²) in [5, 5.41) is 0. The maximum absolute atomic E-state index is 13.4. The lowest BCUT2D eigenvalue weighted by atomic mass is 10.1. The topological polar surface area (TPSA) is 148 Å². The molecule has 3 N–H and O–H groups in total. The number of hydrogen-bond acceptors (Lipinski definition) is 8. The zero-order chi connectivity index (χ0) is 25.9. The van der Waals surface area contributed by atoms with Gasteiger partial charge in [0.1, 0.15) is 10.0 Å². The lowest BCUT2D eigenvalue weighted by molar-refractivity contribution is -0.118. The number of morpholine rings is 1. The van der Waals surface area contributed by atoms with Gasteiger partial charge in [0.05, 0.1) is 19.6 Å². The van der Waals surface area contributed by atoms with Gasteiger partial charge in [0.25, 0.3) is 15.6 Å². The van der Waals surface area contributed by atoms with E-state index in [9.17, 15) is 22.8 Å². The molecule has 194 valence electrons. The SMILES string of the molecule is CC(C)CN(C(=O)Cc1ccc(S(=O)(=O)N2CCOCC2)s1)c1c(N)n(CC(C)C)c(=O)[nH]c1=O. The van der Waals surface area contributed by atoms with Crippen molar-refractivity contribution in [2.24, 2.45) is 11.8 Å². The minimum Gasteiger partial charge on any atom is -0.383 e. The van der Waals surface area contributed by atoms with Crippen LogP contribution < -0.4 is 21.9 Å². The van der Waals surface area contributed by atoms with Crippen LogP contribution in [-0.4, -0.2) is 61.0 Å². The van der Waals surface area contributed by atoms with Crippen LogP contribution in [-0.2, 0) is 32.5 Å². The number of aromatic nitrogens is 2. The summed E-state index contributed by atoms with van der Waals surface area (Å²) in [6, 6.07) is 3.10. The van der Waals surface area contributed by atoms with E-state index < -0.39 is 27.2 Å². The zero-order valence-corrected chi connectivity index (χ0v) is 22.1. The van der Waals surface area contributed by atoms with Crippen LogP contribution in [0.2, 0.25) is 0 Å². The fourth-order valence-corrected chi connectivity index (χ4v) is 6.73. The lowest BCUT2D eigenvalue weighted by Gasteiger charge is -2.26. The highest BCUT2D eigenvalue weighted by atomic mass is 32.2. The molecule has 1 aliphatic heterocycles. The fraction of sp³-hybridized carbons (Fsp3) is 0.591. The summed E-state index contributed by atoms with van der Waals surface area (Å²) in [6.07, 6.45) is -0.113. The van der Waals surface area contributed by atoms with E-state index in [4.69, 9.17) is 10.5 Å². The molecule has 35 heavy (non-hydrogen) atoms. The highest BCUT2D eigenvalue weighted by Gasteiger charge is 2.29. The first-order chi connectivity index (χ1) is 16.4. The molecule has 3 rings (SSSR count). The largest absolute Gasteiger partial charge is 0.383 e. The maximum Gasteiger partial charge on any atom is 0.330 e. The van der Waals surface area contributed by atoms with Crippen molar-refractivity contribution in [1.82, 2.24) is 13.9 Å². The van der Waals surface area contributed by atoms with E-state index >= 15 is 0 Å². The molecule has 0 atom stereocenters. The Kier molecular flexibility index (Phi) is 8.57. The van der Waals surface area contributed by atoms with Crippen molar-refractivity contribution in [1.29, 1.82) is 0 Å². The summed E-state index contributed by atoms with van der Waals surface area (Å²) < 4.78 is 33.9. The number of sulfonamides is 1. The predicted molar refractivity (Wildman–Crippen MR) is 135 cm³/mol. The Bertz CT molecular complexity index is 1270. The molecule has 0 spiro atoms. The van der Waals surface area contributed by atoms with Crippen molar-refractivity contribution in [2.45, 2.75) is 44.9 Å². The number of rotatable bonds is 9. The monoisotopic (exact) mass is 527 g/mol. The van der Waals surface area contributed by atoms with Gasteiger partial charge in [-0.25, -0.2) is 13.2 Å². The number of hydrogen-bond donors (Lipinski definition) is 2. The van der Waals surface area contributed by atoms with Crippen molar-refractivity contribution >= 4 is 38.8 Å². The smallest absolute Gasteiger partial charge is 0.330 e. The van der Waals surface area contributed by atoms with Gasteiger partial charge in [-0.2, -0.15) is 4.31 Å². The second kappa shape index (κ2) is 11.1. The van der Waals surface area contributed by atoms with E-state index in [-0.39, 0.29) is 60.2 Å². The van der Waals surface area contributed by atoms with Gasteiger partial charge in [0.2, 0.25) is 5.91 Å². The average Bonchev–Trinajstić information content (AvgIpc) is 3.25. The molecule has 0 saturated carbocycles. The van der Waals surface area contributed by atoms with Gasteiger partial charge >= 0.3 is 5.69 Å². The van der Waals surface area contributed by atoms with Crippen LogP contribution in [0.25, 0.3) is 0 Å². The molecule has 0 bridgehead atoms. The maximum atomic E-state index is 13.4. The summed E-state index contributed by atoms with van der Waals surface area (Å²) in [6.45, 7) is 9.35. The second-order valence-corrected chi connectivity index (χ2v) is 12.6. The molecule has 0 aliphatic carbocycles. The highest BCUT2D eigenvalue weighted by Crippen LogP contribution is 2.27. The number of amides is 1. The molecule has 13 heteroatoms. The number of carbonyl (C=O) groups is 1. The van der Waals surface area contributed by atoms with E-state index in [1.807, 2.05) is 27.7 Å². The first kappa shape index (κ1) is 27.1. The fourth-order valence-electron chi connectivity index (χ4n) is 3.82. The quantitative estimate of drug-likeness (QED) is 0.496. The highest BCUT2D eigenvalue weighted by molar-refractivity contribution is 7.91. The Morgan fingerprint density at radius 1 is 1.17 bits per heavy atom. The minimum absolute atomic E-state index is 0.00354. The molecule has 11 nitrogen and oxygen atoms in total. The minimum atomic E-state index is -3.67. The Morgan fingerprint density at radius 2 is 1.83 bits per heavy atom. The van der Waals surface area contributed by atoms with E-state index in [0.717, 1.165) is 11.3 Å². The van der Waals surface area contributed by atoms with E-state index in [0.29, 0.717) is 18.1 Å². The van der Waals surface area contributed by atoms with Crippen LogP contribution in [0.5, 0.6) is 0 Å². The van der Waals surface area contributed by atoms with Crippen molar-refractivity contribution in [3.8, 4) is 0 Å². The first-order valence-electron chi connectivity index (χ1n) is 11.5. The molecule has 1 saturated heterocycles. The molecular weight excluding hydrogens is 494 g/mol. The Morgan fingerprint density at radius 3 is 2.43 bits per heavy atom. The number of nitrogens with two attached hydrogens (primary N) is 1. The van der Waals surface area contributed by atoms with Crippen LogP contribution in [0.3, 0.4) is 0 Å². The summed E-state index contributed by atoms with van der Waals surface area (Å²) in [5.74, 6) is -0.393. The third-order valence-electron chi connectivity index (χ3n) is 5.41. The Labute approximate surface area is 208 Å². The molecule has 0 aromatic carbocycles. The van der Waals surface area contributed by atoms with Crippen LogP contribution in [0.15, 0.2) is 25.9 Å². The number of nitrogens with zero attached hydrogens (tertiary/aromatic N) is 3. The van der Waals surface area contributed by atoms with Gasteiger partial charge in [-0.15, -0.1) is 11.3 Å². The number of anilines is 2. The van der Waals surface area contributed by atoms with Gasteiger partial charge in [-0.3, -0.25) is 19.1 Å². The number of H-pyrrole nitrogens is 1. The number of nitrogens with one attached hydrogen (secondary N) is 1. The third-order valence-corrected chi connectivity index (χ3v) is 8.86. The van der Waals surface area contributed by atoms with Crippen molar-refractivity contribution < 1.29 is 17.9 Å². The number of thiophene rings is 1. The predicted octanol–water partition coefficient (Wildman–Crippen LogP) is 1.09. The normalized spacial score (nSPS) is 15.1. The van der Waals surface area contributed by atoms with E-state index in [2.05, 4.69) is 4.98 Å². The van der Waals surface area contributed by atoms with Crippen molar-refractivity contribution in [3.05, 3.63) is 37.8 Å². The van der Waals surface area contributed by atoms with Crippen LogP contribution in [0.4, 0.5) is 11.5 Å². The van der Waals surface area contributed by atoms with Crippen molar-refractivity contribution in [2.75, 3.05) is 43.5 Å². The molecule has 2 aromatic heterocycles. The third kappa shape index (κ3) is 6.21. The summed E-state index contributed by atoms with van der Waals surface area (Å²) >= 11 is 1.03. The molecule has 3 heterocycles. The van der Waals surface area contributed by atoms with Gasteiger partial charge in [-0.1, -0.05) is 27.7 Å². The standard InChI is InChI=1S/C22H33N5O6S2/c1-14(2)12-26(19-20(23)27(13-15(3)4)22(30)24-21(19)29)17(28)11-16-5-6-18(34-16)35(31,32)25-7-9-33-10-8-25/h5-6,14-15H,7-13,23H2,1-4H3,(H,24,29,30). The summed E-state index contributed by atoms with van der Waals surface area (Å²) in [5.41, 5.74) is 4.81. The molecular formula is C22H33N5O6S2. The summed E-state index contributed by atoms with van der Waals surface area (Å²) in [7, 11) is -3.67. The molecule has 2 aromatic rings. The van der Waals surface area contributed by atoms with Gasteiger partial charge < -0.3 is 15.4 Å². The molecule has 0 radical (unpaired) electrons. The molecule has 1 fully saturated rings. The molecule has 1 aliphatic rings. The molecule has 0 unspecified atom stereocenters. The number of nitrogen functional groups attached to an aromatic ring is 1. The summed E-state index contributed by atoms with van der Waals surface area (Å²) in [4.78, 5) is 42.6. The van der Waals surface area contributed by atoms with Gasteiger partial charge in [0, 0.05) is 31.1 Å². The second-order valence-electron chi connectivity index (χ2n) is 9.31.